The topological polar surface area (TPSA) is 75.7 Å². The predicted octanol–water partition coefficient (Wildman–Crippen LogP) is 4.47. The van der Waals surface area contributed by atoms with Gasteiger partial charge in [0.05, 0.1) is 17.2 Å². The quantitative estimate of drug-likeness (QED) is 0.563. The molecule has 1 N–H and O–H groups in total. The molecule has 0 aromatic heterocycles. The smallest absolute Gasteiger partial charge is 0.261 e. The first-order chi connectivity index (χ1) is 14.8. The van der Waals surface area contributed by atoms with Crippen molar-refractivity contribution in [2.75, 3.05) is 18.4 Å². The lowest BCUT2D eigenvalue weighted by molar-refractivity contribution is 0.0785. The van der Waals surface area contributed by atoms with Crippen molar-refractivity contribution in [1.82, 2.24) is 4.90 Å². The summed E-state index contributed by atoms with van der Waals surface area (Å²) in [6.07, 6.45) is 0. The van der Waals surface area contributed by atoms with Crippen molar-refractivity contribution in [1.29, 1.82) is 0 Å². The van der Waals surface area contributed by atoms with Gasteiger partial charge in [0.25, 0.3) is 15.9 Å². The van der Waals surface area contributed by atoms with Crippen molar-refractivity contribution in [3.05, 3.63) is 89.5 Å². The fourth-order valence-electron chi connectivity index (χ4n) is 3.13. The molecule has 7 heteroatoms. The first-order valence-electron chi connectivity index (χ1n) is 9.96. The second-order valence-corrected chi connectivity index (χ2v) is 8.87. The molecule has 0 bridgehead atoms. The predicted molar refractivity (Wildman–Crippen MR) is 122 cm³/mol. The molecule has 3 aromatic carbocycles. The molecule has 3 aromatic rings. The maximum Gasteiger partial charge on any atom is 0.261 e. The standard InChI is InChI=1S/C24H26N2O4S/c1-4-30-21-10-8-9-19(15-21)17-26(3)24(27)20-14-13-18(2)23(16-20)25-31(28,29)22-11-6-5-7-12-22/h5-16,25H,4,17H2,1-3H3. The molecular weight excluding hydrogens is 412 g/mol. The molecular formula is C24H26N2O4S. The Morgan fingerprint density at radius 2 is 1.74 bits per heavy atom. The Hall–Kier alpha value is -3.32. The lowest BCUT2D eigenvalue weighted by atomic mass is 10.1. The van der Waals surface area contributed by atoms with Crippen LogP contribution in [0, 0.1) is 6.92 Å². The number of nitrogens with one attached hydrogen (secondary N) is 1. The number of carbonyl (C=O) groups excluding carboxylic acids is 1. The SMILES string of the molecule is CCOc1cccc(CN(C)C(=O)c2ccc(C)c(NS(=O)(=O)c3ccccc3)c2)c1. The first kappa shape index (κ1) is 22.4. The second kappa shape index (κ2) is 9.66. The van der Waals surface area contributed by atoms with Crippen LogP contribution in [0.25, 0.3) is 0 Å². The van der Waals surface area contributed by atoms with Crippen molar-refractivity contribution in [3.63, 3.8) is 0 Å². The highest BCUT2D eigenvalue weighted by Crippen LogP contribution is 2.23. The summed E-state index contributed by atoms with van der Waals surface area (Å²) in [6, 6.07) is 20.7. The Kier molecular flexibility index (Phi) is 6.97. The molecule has 0 aliphatic heterocycles. The highest BCUT2D eigenvalue weighted by Gasteiger charge is 2.18. The number of sulfonamides is 1. The van der Waals surface area contributed by atoms with Gasteiger partial charge in [-0.15, -0.1) is 0 Å². The van der Waals surface area contributed by atoms with Crippen molar-refractivity contribution in [3.8, 4) is 5.75 Å². The largest absolute Gasteiger partial charge is 0.494 e. The van der Waals surface area contributed by atoms with Crippen molar-refractivity contribution < 1.29 is 17.9 Å². The minimum Gasteiger partial charge on any atom is -0.494 e. The van der Waals surface area contributed by atoms with Crippen LogP contribution in [0.5, 0.6) is 5.75 Å². The number of amides is 1. The van der Waals surface area contributed by atoms with Gasteiger partial charge in [0.15, 0.2) is 0 Å². The Labute approximate surface area is 183 Å². The molecule has 0 heterocycles. The third-order valence-corrected chi connectivity index (χ3v) is 6.14. The number of hydrogen-bond acceptors (Lipinski definition) is 4. The van der Waals surface area contributed by atoms with E-state index in [0.29, 0.717) is 24.4 Å². The van der Waals surface area contributed by atoms with E-state index in [2.05, 4.69) is 4.72 Å². The van der Waals surface area contributed by atoms with Gasteiger partial charge < -0.3 is 9.64 Å². The fraction of sp³-hybridized carbons (Fsp3) is 0.208. The van der Waals surface area contributed by atoms with Gasteiger partial charge in [-0.2, -0.15) is 0 Å². The Balaban J connectivity index is 1.78. The summed E-state index contributed by atoms with van der Waals surface area (Å²) in [7, 11) is -2.03. The zero-order chi connectivity index (χ0) is 22.4. The zero-order valence-corrected chi connectivity index (χ0v) is 18.6. The summed E-state index contributed by atoms with van der Waals surface area (Å²) in [4.78, 5) is 14.7. The average Bonchev–Trinajstić information content (AvgIpc) is 2.76. The summed E-state index contributed by atoms with van der Waals surface area (Å²) in [5, 5.41) is 0. The number of nitrogens with zero attached hydrogens (tertiary/aromatic N) is 1. The average molecular weight is 439 g/mol. The van der Waals surface area contributed by atoms with E-state index in [1.165, 1.54) is 12.1 Å². The molecule has 0 saturated carbocycles. The van der Waals surface area contributed by atoms with Crippen LogP contribution in [-0.4, -0.2) is 32.9 Å². The van der Waals surface area contributed by atoms with Gasteiger partial charge >= 0.3 is 0 Å². The van der Waals surface area contributed by atoms with Crippen molar-refractivity contribution >= 4 is 21.6 Å². The number of aryl methyl sites for hydroxylation is 1. The second-order valence-electron chi connectivity index (χ2n) is 7.19. The molecule has 0 unspecified atom stereocenters. The van der Waals surface area contributed by atoms with E-state index in [0.717, 1.165) is 16.9 Å². The molecule has 3 rings (SSSR count). The number of carbonyl (C=O) groups is 1. The molecule has 31 heavy (non-hydrogen) atoms. The molecule has 0 fully saturated rings. The van der Waals surface area contributed by atoms with Crippen LogP contribution in [0.3, 0.4) is 0 Å². The van der Waals surface area contributed by atoms with Crippen molar-refractivity contribution in [2.45, 2.75) is 25.3 Å². The number of anilines is 1. The van der Waals surface area contributed by atoms with E-state index in [4.69, 9.17) is 4.74 Å². The van der Waals surface area contributed by atoms with Crippen molar-refractivity contribution in [2.24, 2.45) is 0 Å². The Bertz CT molecular complexity index is 1160. The normalized spacial score (nSPS) is 11.1. The Morgan fingerprint density at radius 1 is 1.00 bits per heavy atom. The lowest BCUT2D eigenvalue weighted by Crippen LogP contribution is -2.26. The minimum atomic E-state index is -3.75. The van der Waals surface area contributed by atoms with E-state index in [1.807, 2.05) is 31.2 Å². The van der Waals surface area contributed by atoms with Crippen LogP contribution in [0.2, 0.25) is 0 Å². The van der Waals surface area contributed by atoms with Gasteiger partial charge in [0.2, 0.25) is 0 Å². The summed E-state index contributed by atoms with van der Waals surface area (Å²) in [5.74, 6) is 0.552. The van der Waals surface area contributed by atoms with Crippen LogP contribution in [0.4, 0.5) is 5.69 Å². The first-order valence-corrected chi connectivity index (χ1v) is 11.4. The molecule has 1 amide bonds. The number of benzene rings is 3. The van der Waals surface area contributed by atoms with Gasteiger partial charge in [0, 0.05) is 19.2 Å². The monoisotopic (exact) mass is 438 g/mol. The number of ether oxygens (including phenoxy) is 1. The van der Waals surface area contributed by atoms with E-state index >= 15 is 0 Å². The maximum absolute atomic E-state index is 13.0. The van der Waals surface area contributed by atoms with Gasteiger partial charge in [-0.3, -0.25) is 9.52 Å². The molecule has 162 valence electrons. The van der Waals surface area contributed by atoms with Crippen LogP contribution >= 0.6 is 0 Å². The minimum absolute atomic E-state index is 0.164. The summed E-state index contributed by atoms with van der Waals surface area (Å²) < 4.78 is 33.5. The lowest BCUT2D eigenvalue weighted by Gasteiger charge is -2.19. The molecule has 0 spiro atoms. The third kappa shape index (κ3) is 5.64. The summed E-state index contributed by atoms with van der Waals surface area (Å²) in [6.45, 7) is 4.69. The molecule has 0 saturated heterocycles. The van der Waals surface area contributed by atoms with E-state index < -0.39 is 10.0 Å². The zero-order valence-electron chi connectivity index (χ0n) is 17.8. The van der Waals surface area contributed by atoms with E-state index in [9.17, 15) is 13.2 Å². The molecule has 0 atom stereocenters. The van der Waals surface area contributed by atoms with Gasteiger partial charge in [-0.1, -0.05) is 36.4 Å². The van der Waals surface area contributed by atoms with Gasteiger partial charge in [0.1, 0.15) is 5.75 Å². The van der Waals surface area contributed by atoms with Crippen LogP contribution in [0.1, 0.15) is 28.4 Å². The van der Waals surface area contributed by atoms with E-state index in [1.54, 1.807) is 55.3 Å². The van der Waals surface area contributed by atoms with Gasteiger partial charge in [-0.25, -0.2) is 8.42 Å². The van der Waals surface area contributed by atoms with Crippen LogP contribution in [-0.2, 0) is 16.6 Å². The van der Waals surface area contributed by atoms with E-state index in [-0.39, 0.29) is 10.8 Å². The summed E-state index contributed by atoms with van der Waals surface area (Å²) >= 11 is 0. The number of hydrogen-bond donors (Lipinski definition) is 1. The van der Waals surface area contributed by atoms with Gasteiger partial charge in [-0.05, 0) is 61.4 Å². The third-order valence-electron chi connectivity index (χ3n) is 4.76. The highest BCUT2D eigenvalue weighted by molar-refractivity contribution is 7.92. The maximum atomic E-state index is 13.0. The van der Waals surface area contributed by atoms with Crippen LogP contribution in [0.15, 0.2) is 77.7 Å². The Morgan fingerprint density at radius 3 is 2.45 bits per heavy atom. The molecule has 0 aliphatic carbocycles. The number of rotatable bonds is 8. The summed E-state index contributed by atoms with van der Waals surface area (Å²) in [5.41, 5.74) is 2.45. The van der Waals surface area contributed by atoms with Crippen LogP contribution < -0.4 is 9.46 Å². The molecule has 0 radical (unpaired) electrons. The highest BCUT2D eigenvalue weighted by atomic mass is 32.2. The molecule has 0 aliphatic rings. The molecule has 6 nitrogen and oxygen atoms in total. The fourth-order valence-corrected chi connectivity index (χ4v) is 4.28.